The monoisotopic (exact) mass is 300 g/mol. The van der Waals surface area contributed by atoms with Crippen molar-refractivity contribution in [3.8, 4) is 0 Å². The van der Waals surface area contributed by atoms with Gasteiger partial charge in [-0.05, 0) is 24.7 Å². The van der Waals surface area contributed by atoms with E-state index >= 15 is 0 Å². The van der Waals surface area contributed by atoms with E-state index < -0.39 is 0 Å². The number of benzene rings is 1. The molecule has 2 aromatic rings. The van der Waals surface area contributed by atoms with Crippen LogP contribution in [-0.2, 0) is 19.0 Å². The Morgan fingerprint density at radius 2 is 2.17 bits per heavy atom. The second kappa shape index (κ2) is 6.53. The van der Waals surface area contributed by atoms with E-state index in [0.29, 0.717) is 5.88 Å². The van der Waals surface area contributed by atoms with E-state index in [1.54, 1.807) is 11.3 Å². The number of thiazole rings is 1. The van der Waals surface area contributed by atoms with Gasteiger partial charge in [0.05, 0.1) is 18.1 Å². The number of alkyl halides is 1. The first-order valence-electron chi connectivity index (χ1n) is 5.59. The number of hydrogen-bond acceptors (Lipinski definition) is 3. The van der Waals surface area contributed by atoms with Crippen LogP contribution in [0, 0.1) is 0 Å². The standard InChI is InChI=1S/C13H14Cl2N2S/c1-17(7-10-3-2-4-11(15)5-10)8-13-16-12(6-14)9-18-13/h2-5,9H,6-8H2,1H3. The molecule has 0 N–H and O–H groups in total. The van der Waals surface area contributed by atoms with Crippen LogP contribution in [0.5, 0.6) is 0 Å². The summed E-state index contributed by atoms with van der Waals surface area (Å²) in [6.07, 6.45) is 0. The summed E-state index contributed by atoms with van der Waals surface area (Å²) < 4.78 is 0. The summed E-state index contributed by atoms with van der Waals surface area (Å²) in [7, 11) is 2.07. The van der Waals surface area contributed by atoms with Gasteiger partial charge in [-0.25, -0.2) is 4.98 Å². The first-order valence-corrected chi connectivity index (χ1v) is 7.39. The first kappa shape index (κ1) is 13.8. The summed E-state index contributed by atoms with van der Waals surface area (Å²) in [6, 6.07) is 7.93. The van der Waals surface area contributed by atoms with Crippen LogP contribution in [-0.4, -0.2) is 16.9 Å². The number of aromatic nitrogens is 1. The molecule has 18 heavy (non-hydrogen) atoms. The highest BCUT2D eigenvalue weighted by Gasteiger charge is 2.06. The van der Waals surface area contributed by atoms with Crippen LogP contribution in [0.2, 0.25) is 5.02 Å². The molecular formula is C13H14Cl2N2S. The fourth-order valence-electron chi connectivity index (χ4n) is 1.72. The topological polar surface area (TPSA) is 16.1 Å². The lowest BCUT2D eigenvalue weighted by Crippen LogP contribution is -2.17. The average molecular weight is 301 g/mol. The van der Waals surface area contributed by atoms with Gasteiger partial charge in [-0.3, -0.25) is 4.90 Å². The molecular weight excluding hydrogens is 287 g/mol. The quantitative estimate of drug-likeness (QED) is 0.771. The zero-order chi connectivity index (χ0) is 13.0. The van der Waals surface area contributed by atoms with Crippen molar-refractivity contribution in [1.29, 1.82) is 0 Å². The number of nitrogens with zero attached hydrogens (tertiary/aromatic N) is 2. The van der Waals surface area contributed by atoms with E-state index in [0.717, 1.165) is 28.8 Å². The molecule has 2 nitrogen and oxygen atoms in total. The van der Waals surface area contributed by atoms with Gasteiger partial charge in [-0.1, -0.05) is 23.7 Å². The molecule has 0 radical (unpaired) electrons. The van der Waals surface area contributed by atoms with Gasteiger partial charge in [0.1, 0.15) is 5.01 Å². The number of rotatable bonds is 5. The van der Waals surface area contributed by atoms with Gasteiger partial charge in [0.2, 0.25) is 0 Å². The maximum absolute atomic E-state index is 5.97. The highest BCUT2D eigenvalue weighted by Crippen LogP contribution is 2.16. The normalized spacial score (nSPS) is 11.1. The third-order valence-electron chi connectivity index (χ3n) is 2.48. The van der Waals surface area contributed by atoms with Gasteiger partial charge in [-0.2, -0.15) is 0 Å². The van der Waals surface area contributed by atoms with Crippen molar-refractivity contribution in [2.75, 3.05) is 7.05 Å². The first-order chi connectivity index (χ1) is 8.67. The molecule has 1 aromatic carbocycles. The smallest absolute Gasteiger partial charge is 0.107 e. The number of halogens is 2. The lowest BCUT2D eigenvalue weighted by Gasteiger charge is -2.15. The minimum absolute atomic E-state index is 0.481. The predicted octanol–water partition coefficient (Wildman–Crippen LogP) is 4.17. The Kier molecular flexibility index (Phi) is 5.01. The Hall–Kier alpha value is -0.610. The van der Waals surface area contributed by atoms with Crippen molar-refractivity contribution in [1.82, 2.24) is 9.88 Å². The SMILES string of the molecule is CN(Cc1cccc(Cl)c1)Cc1nc(CCl)cs1. The van der Waals surface area contributed by atoms with Crippen LogP contribution >= 0.6 is 34.5 Å². The van der Waals surface area contributed by atoms with Crippen LogP contribution in [0.3, 0.4) is 0 Å². The van der Waals surface area contributed by atoms with Gasteiger partial charge < -0.3 is 0 Å². The molecule has 0 fully saturated rings. The van der Waals surface area contributed by atoms with Crippen LogP contribution < -0.4 is 0 Å². The predicted molar refractivity (Wildman–Crippen MR) is 78.3 cm³/mol. The van der Waals surface area contributed by atoms with Gasteiger partial charge in [0.15, 0.2) is 0 Å². The van der Waals surface area contributed by atoms with E-state index in [9.17, 15) is 0 Å². The van der Waals surface area contributed by atoms with Crippen molar-refractivity contribution in [2.45, 2.75) is 19.0 Å². The molecule has 96 valence electrons. The molecule has 0 aliphatic heterocycles. The third-order valence-corrected chi connectivity index (χ3v) is 3.87. The molecule has 2 rings (SSSR count). The molecule has 0 bridgehead atoms. The molecule has 5 heteroatoms. The summed E-state index contributed by atoms with van der Waals surface area (Å²) in [5, 5.41) is 3.88. The summed E-state index contributed by atoms with van der Waals surface area (Å²) in [5.41, 5.74) is 2.16. The summed E-state index contributed by atoms with van der Waals surface area (Å²) in [5.74, 6) is 0.481. The largest absolute Gasteiger partial charge is 0.295 e. The van der Waals surface area contributed by atoms with Crippen molar-refractivity contribution in [3.05, 3.63) is 50.9 Å². The molecule has 0 saturated heterocycles. The maximum atomic E-state index is 5.97. The minimum atomic E-state index is 0.481. The van der Waals surface area contributed by atoms with Gasteiger partial charge in [0.25, 0.3) is 0 Å². The lowest BCUT2D eigenvalue weighted by molar-refractivity contribution is 0.318. The summed E-state index contributed by atoms with van der Waals surface area (Å²) >= 11 is 13.4. The Balaban J connectivity index is 1.94. The van der Waals surface area contributed by atoms with E-state index in [-0.39, 0.29) is 0 Å². The highest BCUT2D eigenvalue weighted by molar-refractivity contribution is 7.09. The third kappa shape index (κ3) is 3.95. The Morgan fingerprint density at radius 1 is 1.33 bits per heavy atom. The van der Waals surface area contributed by atoms with Crippen LogP contribution in [0.15, 0.2) is 29.6 Å². The fraction of sp³-hybridized carbons (Fsp3) is 0.308. The van der Waals surface area contributed by atoms with Crippen molar-refractivity contribution in [3.63, 3.8) is 0 Å². The summed E-state index contributed by atoms with van der Waals surface area (Å²) in [6.45, 7) is 1.68. The van der Waals surface area contributed by atoms with E-state index in [2.05, 4.69) is 23.0 Å². The molecule has 1 heterocycles. The average Bonchev–Trinajstić information content (AvgIpc) is 2.76. The molecule has 0 saturated carbocycles. The van der Waals surface area contributed by atoms with Crippen LogP contribution in [0.4, 0.5) is 0 Å². The molecule has 1 aromatic heterocycles. The zero-order valence-corrected chi connectivity index (χ0v) is 12.4. The van der Waals surface area contributed by atoms with E-state index in [1.807, 2.05) is 23.6 Å². The van der Waals surface area contributed by atoms with Gasteiger partial charge in [-0.15, -0.1) is 22.9 Å². The Bertz CT molecular complexity index is 513. The van der Waals surface area contributed by atoms with Crippen LogP contribution in [0.25, 0.3) is 0 Å². The van der Waals surface area contributed by atoms with Crippen molar-refractivity contribution in [2.24, 2.45) is 0 Å². The highest BCUT2D eigenvalue weighted by atomic mass is 35.5. The van der Waals surface area contributed by atoms with Gasteiger partial charge >= 0.3 is 0 Å². The number of hydrogen-bond donors (Lipinski definition) is 0. The van der Waals surface area contributed by atoms with Crippen LogP contribution in [0.1, 0.15) is 16.3 Å². The second-order valence-corrected chi connectivity index (χ2v) is 5.81. The van der Waals surface area contributed by atoms with Gasteiger partial charge in [0, 0.05) is 16.9 Å². The van der Waals surface area contributed by atoms with E-state index in [4.69, 9.17) is 23.2 Å². The molecule has 0 amide bonds. The Labute approximate surface area is 121 Å². The fourth-order valence-corrected chi connectivity index (χ4v) is 3.03. The molecule has 0 atom stereocenters. The molecule has 0 aliphatic carbocycles. The molecule has 0 spiro atoms. The molecule has 0 aliphatic rings. The Morgan fingerprint density at radius 3 is 2.83 bits per heavy atom. The summed E-state index contributed by atoms with van der Waals surface area (Å²) in [4.78, 5) is 6.66. The molecule has 0 unspecified atom stereocenters. The van der Waals surface area contributed by atoms with E-state index in [1.165, 1.54) is 5.56 Å². The maximum Gasteiger partial charge on any atom is 0.107 e. The zero-order valence-electron chi connectivity index (χ0n) is 10.1. The second-order valence-electron chi connectivity index (χ2n) is 4.17. The van der Waals surface area contributed by atoms with Crippen molar-refractivity contribution < 1.29 is 0 Å². The lowest BCUT2D eigenvalue weighted by atomic mass is 10.2. The van der Waals surface area contributed by atoms with Crippen molar-refractivity contribution >= 4 is 34.5 Å². The minimum Gasteiger partial charge on any atom is -0.295 e.